The van der Waals surface area contributed by atoms with Crippen molar-refractivity contribution in [1.29, 1.82) is 0 Å². The second-order valence-corrected chi connectivity index (χ2v) is 7.64. The van der Waals surface area contributed by atoms with E-state index in [-0.39, 0.29) is 4.90 Å². The van der Waals surface area contributed by atoms with Gasteiger partial charge in [-0.3, -0.25) is 4.68 Å². The van der Waals surface area contributed by atoms with E-state index in [0.717, 1.165) is 11.8 Å². The minimum atomic E-state index is -3.22. The molecule has 0 radical (unpaired) electrons. The Morgan fingerprint density at radius 3 is 2.46 bits per heavy atom. The molecule has 1 aromatic carbocycles. The third-order valence-corrected chi connectivity index (χ3v) is 4.67. The lowest BCUT2D eigenvalue weighted by Gasteiger charge is -2.08. The molecule has 2 aromatic heterocycles. The number of benzene rings is 1. The maximum absolute atomic E-state index is 11.5. The molecule has 0 aliphatic rings. The van der Waals surface area contributed by atoms with Crippen molar-refractivity contribution < 1.29 is 8.42 Å². The first-order valence-corrected chi connectivity index (χ1v) is 9.18. The van der Waals surface area contributed by atoms with Crippen LogP contribution in [0, 0.1) is 0 Å². The van der Waals surface area contributed by atoms with Crippen LogP contribution in [0.4, 0.5) is 11.6 Å². The monoisotopic (exact) mass is 363 g/mol. The van der Waals surface area contributed by atoms with Crippen molar-refractivity contribution in [3.05, 3.63) is 47.9 Å². The van der Waals surface area contributed by atoms with Crippen LogP contribution in [0.2, 0.25) is 5.02 Å². The number of halogens is 1. The van der Waals surface area contributed by atoms with Gasteiger partial charge in [0.25, 0.3) is 0 Å². The molecule has 7 nitrogen and oxygen atoms in total. The summed E-state index contributed by atoms with van der Waals surface area (Å²) in [7, 11) is -1.42. The first-order valence-electron chi connectivity index (χ1n) is 6.91. The van der Waals surface area contributed by atoms with Crippen LogP contribution in [0.3, 0.4) is 0 Å². The van der Waals surface area contributed by atoms with E-state index in [4.69, 9.17) is 11.6 Å². The first kappa shape index (κ1) is 16.4. The van der Waals surface area contributed by atoms with E-state index in [2.05, 4.69) is 20.4 Å². The second kappa shape index (κ2) is 6.21. The Kier molecular flexibility index (Phi) is 4.25. The number of hydrogen-bond acceptors (Lipinski definition) is 6. The van der Waals surface area contributed by atoms with Gasteiger partial charge in [0.1, 0.15) is 0 Å². The number of anilines is 2. The zero-order chi connectivity index (χ0) is 17.3. The lowest BCUT2D eigenvalue weighted by molar-refractivity contribution is 0.602. The Hall–Kier alpha value is -2.45. The summed E-state index contributed by atoms with van der Waals surface area (Å²) >= 11 is 6.16. The van der Waals surface area contributed by atoms with Crippen molar-refractivity contribution in [3.63, 3.8) is 0 Å². The molecule has 2 heterocycles. The largest absolute Gasteiger partial charge is 0.324 e. The van der Waals surface area contributed by atoms with Crippen molar-refractivity contribution in [3.8, 4) is 11.3 Å². The fraction of sp³-hybridized carbons (Fsp3) is 0.133. The Balaban J connectivity index is 1.88. The van der Waals surface area contributed by atoms with Crippen LogP contribution < -0.4 is 5.32 Å². The Labute approximate surface area is 144 Å². The molecule has 0 amide bonds. The molecular formula is C15H14ClN5O2S. The topological polar surface area (TPSA) is 89.8 Å². The van der Waals surface area contributed by atoms with Gasteiger partial charge >= 0.3 is 0 Å². The van der Waals surface area contributed by atoms with Gasteiger partial charge in [0.2, 0.25) is 5.95 Å². The molecular weight excluding hydrogens is 350 g/mol. The third-order valence-electron chi connectivity index (χ3n) is 3.26. The minimum Gasteiger partial charge on any atom is -0.324 e. The molecule has 0 saturated heterocycles. The van der Waals surface area contributed by atoms with Crippen LogP contribution in [0.1, 0.15) is 0 Å². The predicted octanol–water partition coefficient (Wildman–Crippen LogP) is 2.68. The third kappa shape index (κ3) is 3.55. The molecule has 0 fully saturated rings. The second-order valence-electron chi connectivity index (χ2n) is 5.21. The number of sulfone groups is 1. The van der Waals surface area contributed by atoms with Gasteiger partial charge < -0.3 is 5.32 Å². The molecule has 3 rings (SSSR count). The van der Waals surface area contributed by atoms with Gasteiger partial charge in [-0.1, -0.05) is 11.6 Å². The lowest BCUT2D eigenvalue weighted by Crippen LogP contribution is -2.00. The molecule has 24 heavy (non-hydrogen) atoms. The summed E-state index contributed by atoms with van der Waals surface area (Å²) in [5.41, 5.74) is 2.01. The molecule has 124 valence electrons. The minimum absolute atomic E-state index is 0.251. The molecule has 0 aliphatic carbocycles. The number of aromatic nitrogens is 4. The average Bonchev–Trinajstić information content (AvgIpc) is 2.95. The van der Waals surface area contributed by atoms with Crippen molar-refractivity contribution in [2.45, 2.75) is 4.90 Å². The van der Waals surface area contributed by atoms with E-state index in [0.29, 0.717) is 22.4 Å². The highest BCUT2D eigenvalue weighted by atomic mass is 35.5. The SMILES string of the molecule is Cn1cc(-c2nc(Nc3ccc(S(C)(=O)=O)cc3)ncc2Cl)cn1. The zero-order valence-corrected chi connectivity index (χ0v) is 14.5. The van der Waals surface area contributed by atoms with Crippen LogP contribution >= 0.6 is 11.6 Å². The quantitative estimate of drug-likeness (QED) is 0.766. The molecule has 0 bridgehead atoms. The maximum Gasteiger partial charge on any atom is 0.227 e. The normalized spacial score (nSPS) is 11.5. The molecule has 0 spiro atoms. The van der Waals surface area contributed by atoms with Crippen LogP contribution in [0.25, 0.3) is 11.3 Å². The van der Waals surface area contributed by atoms with Gasteiger partial charge in [0.05, 0.1) is 28.0 Å². The van der Waals surface area contributed by atoms with Crippen LogP contribution in [-0.2, 0) is 16.9 Å². The fourth-order valence-electron chi connectivity index (χ4n) is 2.09. The Bertz CT molecular complexity index is 983. The molecule has 0 atom stereocenters. The average molecular weight is 364 g/mol. The summed E-state index contributed by atoms with van der Waals surface area (Å²) in [6.07, 6.45) is 6.14. The van der Waals surface area contributed by atoms with Crippen molar-refractivity contribution in [2.75, 3.05) is 11.6 Å². The molecule has 3 aromatic rings. The highest BCUT2D eigenvalue weighted by Crippen LogP contribution is 2.26. The van der Waals surface area contributed by atoms with E-state index in [1.54, 1.807) is 36.3 Å². The van der Waals surface area contributed by atoms with E-state index < -0.39 is 9.84 Å². The standard InChI is InChI=1S/C15H14ClN5O2S/c1-21-9-10(7-18-21)14-13(16)8-17-15(20-14)19-11-3-5-12(6-4-11)24(2,22)23/h3-9H,1-2H3,(H,17,19,20). The van der Waals surface area contributed by atoms with Gasteiger partial charge in [0, 0.05) is 30.8 Å². The lowest BCUT2D eigenvalue weighted by atomic mass is 10.2. The summed E-state index contributed by atoms with van der Waals surface area (Å²) in [5.74, 6) is 0.352. The predicted molar refractivity (Wildman–Crippen MR) is 92.1 cm³/mol. The van der Waals surface area contributed by atoms with E-state index in [9.17, 15) is 8.42 Å². The van der Waals surface area contributed by atoms with E-state index in [1.807, 2.05) is 0 Å². The van der Waals surface area contributed by atoms with Crippen LogP contribution in [0.5, 0.6) is 0 Å². The van der Waals surface area contributed by atoms with Crippen molar-refractivity contribution >= 4 is 33.1 Å². The van der Waals surface area contributed by atoms with Crippen molar-refractivity contribution in [1.82, 2.24) is 19.7 Å². The van der Waals surface area contributed by atoms with Gasteiger partial charge in [-0.2, -0.15) is 5.10 Å². The number of nitrogens with one attached hydrogen (secondary N) is 1. The molecule has 0 saturated carbocycles. The smallest absolute Gasteiger partial charge is 0.227 e. The summed E-state index contributed by atoms with van der Waals surface area (Å²) in [4.78, 5) is 8.79. The highest BCUT2D eigenvalue weighted by Gasteiger charge is 2.11. The number of nitrogens with zero attached hydrogens (tertiary/aromatic N) is 4. The van der Waals surface area contributed by atoms with Gasteiger partial charge in [0.15, 0.2) is 9.84 Å². The summed E-state index contributed by atoms with van der Waals surface area (Å²) in [6, 6.07) is 6.35. The molecule has 1 N–H and O–H groups in total. The highest BCUT2D eigenvalue weighted by molar-refractivity contribution is 7.90. The number of hydrogen-bond donors (Lipinski definition) is 1. The molecule has 9 heteroatoms. The molecule has 0 unspecified atom stereocenters. The Morgan fingerprint density at radius 1 is 1.17 bits per heavy atom. The Morgan fingerprint density at radius 2 is 1.88 bits per heavy atom. The summed E-state index contributed by atoms with van der Waals surface area (Å²) in [6.45, 7) is 0. The maximum atomic E-state index is 11.5. The summed E-state index contributed by atoms with van der Waals surface area (Å²) in [5, 5.41) is 7.54. The first-order chi connectivity index (χ1) is 11.3. The molecule has 0 aliphatic heterocycles. The summed E-state index contributed by atoms with van der Waals surface area (Å²) < 4.78 is 24.6. The van der Waals surface area contributed by atoms with E-state index >= 15 is 0 Å². The van der Waals surface area contributed by atoms with Crippen molar-refractivity contribution in [2.24, 2.45) is 7.05 Å². The van der Waals surface area contributed by atoms with E-state index in [1.165, 1.54) is 18.3 Å². The number of aryl methyl sites for hydroxylation is 1. The van der Waals surface area contributed by atoms with Gasteiger partial charge in [-0.25, -0.2) is 18.4 Å². The van der Waals surface area contributed by atoms with Crippen LogP contribution in [0.15, 0.2) is 47.8 Å². The fourth-order valence-corrected chi connectivity index (χ4v) is 2.92. The van der Waals surface area contributed by atoms with Gasteiger partial charge in [-0.15, -0.1) is 0 Å². The van der Waals surface area contributed by atoms with Crippen LogP contribution in [-0.4, -0.2) is 34.4 Å². The van der Waals surface area contributed by atoms with Gasteiger partial charge in [-0.05, 0) is 24.3 Å². The number of rotatable bonds is 4. The zero-order valence-electron chi connectivity index (χ0n) is 12.9.